The smallest absolute Gasteiger partial charge is 0.419 e. The maximum atomic E-state index is 13.5. The Morgan fingerprint density at radius 2 is 1.62 bits per heavy atom. The molecule has 1 aromatic heterocycles. The molecule has 0 saturated heterocycles. The molecule has 4 rings (SSSR count). The van der Waals surface area contributed by atoms with E-state index in [1.165, 1.54) is 12.1 Å². The third kappa shape index (κ3) is 6.49. The number of carbonyl (C=O) groups excluding carboxylic acids is 3. The number of anilines is 1. The van der Waals surface area contributed by atoms with Crippen LogP contribution in [0.25, 0.3) is 10.9 Å². The maximum Gasteiger partial charge on any atom is 0.419 e. The lowest BCUT2D eigenvalue weighted by Gasteiger charge is -2.21. The molecule has 0 fully saturated rings. The number of hydrogen-bond acceptors (Lipinski definition) is 6. The van der Waals surface area contributed by atoms with Crippen LogP contribution >= 0.6 is 23.2 Å². The van der Waals surface area contributed by atoms with E-state index in [0.717, 1.165) is 15.7 Å². The van der Waals surface area contributed by atoms with Crippen LogP contribution in [-0.4, -0.2) is 41.2 Å². The van der Waals surface area contributed by atoms with Crippen molar-refractivity contribution in [1.82, 2.24) is 4.57 Å². The number of nitrogens with zero attached hydrogens (tertiary/aromatic N) is 1. The van der Waals surface area contributed by atoms with Gasteiger partial charge in [0.2, 0.25) is 0 Å². The van der Waals surface area contributed by atoms with E-state index in [-0.39, 0.29) is 45.9 Å². The molecule has 0 bridgehead atoms. The van der Waals surface area contributed by atoms with E-state index in [9.17, 15) is 14.4 Å². The van der Waals surface area contributed by atoms with Gasteiger partial charge in [0, 0.05) is 16.0 Å². The molecule has 7 nitrogen and oxygen atoms in total. The van der Waals surface area contributed by atoms with E-state index in [2.05, 4.69) is 5.32 Å². The van der Waals surface area contributed by atoms with Crippen molar-refractivity contribution in [2.75, 3.05) is 18.5 Å². The molecule has 1 N–H and O–H groups in total. The Bertz CT molecular complexity index is 1570. The van der Waals surface area contributed by atoms with Crippen LogP contribution < -0.4 is 5.32 Å². The number of aromatic nitrogens is 1. The van der Waals surface area contributed by atoms with E-state index in [1.54, 1.807) is 39.8 Å². The second-order valence-corrected chi connectivity index (χ2v) is 11.0. The number of hydrogen-bond donors (Lipinski definition) is 1. The Morgan fingerprint density at radius 3 is 2.30 bits per heavy atom. The largest absolute Gasteiger partial charge is 0.461 e. The SMILES string of the molecule is CCOC(=O)c1c(NCC(=O)c2ccccc2Cc2ccccc2)c2c(Cl)cc(Cl)cc2n1C(=O)OC(C)(C)C. The van der Waals surface area contributed by atoms with Gasteiger partial charge in [-0.25, -0.2) is 14.2 Å². The van der Waals surface area contributed by atoms with Crippen molar-refractivity contribution in [3.63, 3.8) is 0 Å². The highest BCUT2D eigenvalue weighted by molar-refractivity contribution is 6.40. The lowest BCUT2D eigenvalue weighted by atomic mass is 9.97. The minimum Gasteiger partial charge on any atom is -0.461 e. The number of nitrogens with one attached hydrogen (secondary N) is 1. The summed E-state index contributed by atoms with van der Waals surface area (Å²) in [4.78, 5) is 40.1. The molecule has 4 aromatic rings. The molecular weight excluding hydrogens is 551 g/mol. The fraction of sp³-hybridized carbons (Fsp3) is 0.258. The van der Waals surface area contributed by atoms with Crippen molar-refractivity contribution >= 4 is 57.6 Å². The molecule has 0 spiro atoms. The number of carbonyl (C=O) groups is 3. The van der Waals surface area contributed by atoms with Gasteiger partial charge in [-0.1, -0.05) is 77.8 Å². The summed E-state index contributed by atoms with van der Waals surface area (Å²) in [5, 5.41) is 3.86. The Kier molecular flexibility index (Phi) is 8.86. The van der Waals surface area contributed by atoms with Gasteiger partial charge < -0.3 is 14.8 Å². The molecule has 0 atom stereocenters. The van der Waals surface area contributed by atoms with E-state index in [4.69, 9.17) is 32.7 Å². The van der Waals surface area contributed by atoms with Crippen LogP contribution in [0.3, 0.4) is 0 Å². The molecular formula is C31H30Cl2N2O5. The second kappa shape index (κ2) is 12.1. The van der Waals surface area contributed by atoms with E-state index in [0.29, 0.717) is 17.4 Å². The molecule has 40 heavy (non-hydrogen) atoms. The fourth-order valence-electron chi connectivity index (χ4n) is 4.42. The van der Waals surface area contributed by atoms with Gasteiger partial charge in [0.1, 0.15) is 5.60 Å². The maximum absolute atomic E-state index is 13.5. The van der Waals surface area contributed by atoms with Crippen molar-refractivity contribution in [1.29, 1.82) is 0 Å². The third-order valence-electron chi connectivity index (χ3n) is 6.01. The summed E-state index contributed by atoms with van der Waals surface area (Å²) in [7, 11) is 0. The van der Waals surface area contributed by atoms with Gasteiger partial charge in [-0.2, -0.15) is 0 Å². The first-order valence-corrected chi connectivity index (χ1v) is 13.6. The summed E-state index contributed by atoms with van der Waals surface area (Å²) in [6.45, 7) is 6.68. The van der Waals surface area contributed by atoms with Crippen molar-refractivity contribution in [2.24, 2.45) is 0 Å². The lowest BCUT2D eigenvalue weighted by Crippen LogP contribution is -2.29. The fourth-order valence-corrected chi connectivity index (χ4v) is 5.00. The Hall–Kier alpha value is -3.81. The summed E-state index contributed by atoms with van der Waals surface area (Å²) in [5.41, 5.74) is 1.91. The molecule has 9 heteroatoms. The molecule has 0 saturated carbocycles. The van der Waals surface area contributed by atoms with Gasteiger partial charge in [-0.3, -0.25) is 4.79 Å². The third-order valence-corrected chi connectivity index (χ3v) is 6.53. The number of ketones is 1. The quantitative estimate of drug-likeness (QED) is 0.169. The molecule has 0 aliphatic carbocycles. The van der Waals surface area contributed by atoms with E-state index in [1.807, 2.05) is 42.5 Å². The number of rotatable bonds is 8. The summed E-state index contributed by atoms with van der Waals surface area (Å²) < 4.78 is 12.0. The highest BCUT2D eigenvalue weighted by Gasteiger charge is 2.32. The Morgan fingerprint density at radius 1 is 0.950 bits per heavy atom. The van der Waals surface area contributed by atoms with Gasteiger partial charge in [0.25, 0.3) is 0 Å². The van der Waals surface area contributed by atoms with Crippen LogP contribution in [0.4, 0.5) is 10.5 Å². The van der Waals surface area contributed by atoms with E-state index < -0.39 is 17.7 Å². The molecule has 0 aliphatic heterocycles. The zero-order valence-corrected chi connectivity index (χ0v) is 24.2. The van der Waals surface area contributed by atoms with Gasteiger partial charge in [0.15, 0.2) is 11.5 Å². The summed E-state index contributed by atoms with van der Waals surface area (Å²) in [6.07, 6.45) is -0.231. The van der Waals surface area contributed by atoms with Crippen LogP contribution in [0.15, 0.2) is 66.7 Å². The average Bonchev–Trinajstić information content (AvgIpc) is 3.22. The van der Waals surface area contributed by atoms with Crippen LogP contribution in [0.2, 0.25) is 10.0 Å². The monoisotopic (exact) mass is 580 g/mol. The van der Waals surface area contributed by atoms with Gasteiger partial charge in [0.05, 0.1) is 29.4 Å². The minimum absolute atomic E-state index is 0.0639. The molecule has 0 amide bonds. The first kappa shape index (κ1) is 29.2. The van der Waals surface area contributed by atoms with Crippen LogP contribution in [0.5, 0.6) is 0 Å². The van der Waals surface area contributed by atoms with Crippen molar-refractivity contribution in [3.8, 4) is 0 Å². The second-order valence-electron chi connectivity index (χ2n) is 10.1. The Balaban J connectivity index is 1.78. The zero-order valence-electron chi connectivity index (χ0n) is 22.7. The highest BCUT2D eigenvalue weighted by Crippen LogP contribution is 2.39. The standard InChI is InChI=1S/C31H30Cl2N2O5/c1-5-39-29(37)28-27(26-23(33)16-21(32)17-24(26)35(28)30(38)40-31(2,3)4)34-18-25(36)22-14-10-9-13-20(22)15-19-11-7-6-8-12-19/h6-14,16-17,34H,5,15,18H2,1-4H3. The summed E-state index contributed by atoms with van der Waals surface area (Å²) >= 11 is 12.9. The number of halogens is 2. The van der Waals surface area contributed by atoms with Crippen molar-refractivity contribution in [3.05, 3.63) is 99.2 Å². The van der Waals surface area contributed by atoms with E-state index >= 15 is 0 Å². The molecule has 3 aromatic carbocycles. The van der Waals surface area contributed by atoms with Crippen LogP contribution in [0.1, 0.15) is 59.7 Å². The molecule has 1 heterocycles. The number of benzene rings is 3. The number of esters is 1. The summed E-state index contributed by atoms with van der Waals surface area (Å²) in [5.74, 6) is -0.985. The van der Waals surface area contributed by atoms with Gasteiger partial charge in [-0.05, 0) is 57.4 Å². The first-order valence-electron chi connectivity index (χ1n) is 12.8. The molecule has 0 unspecified atom stereocenters. The van der Waals surface area contributed by atoms with Crippen molar-refractivity contribution in [2.45, 2.75) is 39.7 Å². The Labute approximate surface area is 243 Å². The van der Waals surface area contributed by atoms with Gasteiger partial charge >= 0.3 is 12.1 Å². The lowest BCUT2D eigenvalue weighted by molar-refractivity contribution is 0.0455. The zero-order chi connectivity index (χ0) is 29.0. The minimum atomic E-state index is -0.853. The number of Topliss-reactive ketones (excluding diaryl/α,β-unsaturated/α-hetero) is 1. The van der Waals surface area contributed by atoms with Crippen LogP contribution in [-0.2, 0) is 15.9 Å². The predicted octanol–water partition coefficient (Wildman–Crippen LogP) is 7.79. The number of fused-ring (bicyclic) bond motifs is 1. The summed E-state index contributed by atoms with van der Waals surface area (Å²) in [6, 6.07) is 20.2. The molecule has 208 valence electrons. The van der Waals surface area contributed by atoms with Crippen molar-refractivity contribution < 1.29 is 23.9 Å². The predicted molar refractivity (Wildman–Crippen MR) is 158 cm³/mol. The highest BCUT2D eigenvalue weighted by atomic mass is 35.5. The molecule has 0 radical (unpaired) electrons. The normalized spacial score (nSPS) is 11.3. The van der Waals surface area contributed by atoms with Crippen LogP contribution in [0, 0.1) is 0 Å². The topological polar surface area (TPSA) is 86.6 Å². The first-order chi connectivity index (χ1) is 19.0. The van der Waals surface area contributed by atoms with Gasteiger partial charge in [-0.15, -0.1) is 0 Å². The average molecular weight is 581 g/mol. The number of ether oxygens (including phenoxy) is 2. The molecule has 0 aliphatic rings.